The van der Waals surface area contributed by atoms with Gasteiger partial charge in [0.25, 0.3) is 0 Å². The maximum Gasteiger partial charge on any atom is 0.221 e. The molecule has 0 heterocycles. The first kappa shape index (κ1) is 18.3. The predicted octanol–water partition coefficient (Wildman–Crippen LogP) is 0.116. The number of unbranched alkanes of at least 4 members (excludes halogenated alkanes) is 1. The molecule has 114 valence electrons. The van der Waals surface area contributed by atoms with Crippen LogP contribution in [-0.4, -0.2) is 70.1 Å². The molecule has 0 unspecified atom stereocenters. The summed E-state index contributed by atoms with van der Waals surface area (Å²) in [4.78, 5) is 13.5. The van der Waals surface area contributed by atoms with Gasteiger partial charge in [0.05, 0.1) is 6.26 Å². The van der Waals surface area contributed by atoms with Crippen LogP contribution in [0.15, 0.2) is 0 Å². The molecule has 0 atom stereocenters. The lowest BCUT2D eigenvalue weighted by atomic mass is 10.3. The van der Waals surface area contributed by atoms with Gasteiger partial charge < -0.3 is 10.2 Å². The maximum atomic E-state index is 11.6. The number of carbonyl (C=O) groups excluding carboxylic acids is 1. The van der Waals surface area contributed by atoms with Crippen LogP contribution < -0.4 is 5.32 Å². The third-order valence-electron chi connectivity index (χ3n) is 2.71. The van der Waals surface area contributed by atoms with Gasteiger partial charge in [0, 0.05) is 32.6 Å². The van der Waals surface area contributed by atoms with Crippen molar-refractivity contribution in [1.29, 1.82) is 0 Å². The standard InChI is InChI=1S/C12H27N3O3S/c1-5-6-8-13-12(16)7-9-15(19(4,17)18)11-10-14(2)3/h5-11H2,1-4H3,(H,13,16). The van der Waals surface area contributed by atoms with E-state index in [2.05, 4.69) is 12.2 Å². The van der Waals surface area contributed by atoms with Crippen molar-refractivity contribution < 1.29 is 13.2 Å². The van der Waals surface area contributed by atoms with E-state index in [1.807, 2.05) is 19.0 Å². The molecule has 1 amide bonds. The topological polar surface area (TPSA) is 69.7 Å². The summed E-state index contributed by atoms with van der Waals surface area (Å²) in [5.74, 6) is -0.0908. The number of sulfonamides is 1. The first-order chi connectivity index (χ1) is 8.77. The summed E-state index contributed by atoms with van der Waals surface area (Å²) in [5.41, 5.74) is 0. The lowest BCUT2D eigenvalue weighted by Crippen LogP contribution is -2.38. The molecule has 0 aliphatic rings. The van der Waals surface area contributed by atoms with Gasteiger partial charge >= 0.3 is 0 Å². The molecule has 0 spiro atoms. The van der Waals surface area contributed by atoms with Gasteiger partial charge in [0.2, 0.25) is 15.9 Å². The molecule has 0 saturated carbocycles. The van der Waals surface area contributed by atoms with Crippen LogP contribution in [0.4, 0.5) is 0 Å². The zero-order valence-corrected chi connectivity index (χ0v) is 13.3. The third kappa shape index (κ3) is 9.86. The van der Waals surface area contributed by atoms with Crippen molar-refractivity contribution in [2.75, 3.05) is 46.5 Å². The Balaban J connectivity index is 4.16. The number of rotatable bonds is 10. The van der Waals surface area contributed by atoms with Crippen LogP contribution in [0.5, 0.6) is 0 Å². The summed E-state index contributed by atoms with van der Waals surface area (Å²) < 4.78 is 24.5. The lowest BCUT2D eigenvalue weighted by molar-refractivity contribution is -0.121. The molecule has 0 fully saturated rings. The highest BCUT2D eigenvalue weighted by Gasteiger charge is 2.17. The van der Waals surface area contributed by atoms with E-state index in [9.17, 15) is 13.2 Å². The van der Waals surface area contributed by atoms with Crippen molar-refractivity contribution in [3.8, 4) is 0 Å². The molecule has 0 aromatic carbocycles. The first-order valence-electron chi connectivity index (χ1n) is 6.64. The number of amides is 1. The summed E-state index contributed by atoms with van der Waals surface area (Å²) in [5, 5.41) is 2.78. The van der Waals surface area contributed by atoms with Crippen LogP contribution >= 0.6 is 0 Å². The first-order valence-corrected chi connectivity index (χ1v) is 8.48. The lowest BCUT2D eigenvalue weighted by Gasteiger charge is -2.21. The number of likely N-dealkylation sites (N-methyl/N-ethyl adjacent to an activating group) is 1. The Bertz CT molecular complexity index is 355. The van der Waals surface area contributed by atoms with E-state index in [1.54, 1.807) is 0 Å². The molecule has 0 rings (SSSR count). The van der Waals surface area contributed by atoms with Gasteiger partial charge in [0.15, 0.2) is 0 Å². The highest BCUT2D eigenvalue weighted by Crippen LogP contribution is 2.00. The molecular weight excluding hydrogens is 266 g/mol. The second kappa shape index (κ2) is 9.28. The fourth-order valence-corrected chi connectivity index (χ4v) is 2.31. The largest absolute Gasteiger partial charge is 0.356 e. The molecule has 1 N–H and O–H groups in total. The van der Waals surface area contributed by atoms with Crippen LogP contribution in [0.1, 0.15) is 26.2 Å². The second-order valence-corrected chi connectivity index (χ2v) is 6.90. The molecule has 0 bridgehead atoms. The SMILES string of the molecule is CCCCNC(=O)CCN(CCN(C)C)S(C)(=O)=O. The van der Waals surface area contributed by atoms with Crippen molar-refractivity contribution >= 4 is 15.9 Å². The smallest absolute Gasteiger partial charge is 0.221 e. The van der Waals surface area contributed by atoms with Crippen molar-refractivity contribution in [2.24, 2.45) is 0 Å². The van der Waals surface area contributed by atoms with Crippen molar-refractivity contribution in [2.45, 2.75) is 26.2 Å². The minimum Gasteiger partial charge on any atom is -0.356 e. The minimum atomic E-state index is -3.25. The summed E-state index contributed by atoms with van der Waals surface area (Å²) in [6, 6.07) is 0. The molecule has 0 saturated heterocycles. The molecule has 0 aliphatic carbocycles. The minimum absolute atomic E-state index is 0.0908. The summed E-state index contributed by atoms with van der Waals surface area (Å²) in [6.45, 7) is 4.01. The summed E-state index contributed by atoms with van der Waals surface area (Å²) in [6.07, 6.45) is 3.36. The van der Waals surface area contributed by atoms with E-state index >= 15 is 0 Å². The molecule has 7 heteroatoms. The van der Waals surface area contributed by atoms with Gasteiger partial charge in [-0.1, -0.05) is 13.3 Å². The fourth-order valence-electron chi connectivity index (χ4n) is 1.47. The normalized spacial score (nSPS) is 12.1. The van der Waals surface area contributed by atoms with E-state index in [0.717, 1.165) is 12.8 Å². The molecule has 0 aromatic heterocycles. The molecule has 0 aromatic rings. The number of nitrogens with zero attached hydrogens (tertiary/aromatic N) is 2. The van der Waals surface area contributed by atoms with Gasteiger partial charge in [-0.15, -0.1) is 0 Å². The van der Waals surface area contributed by atoms with Crippen molar-refractivity contribution in [3.63, 3.8) is 0 Å². The van der Waals surface area contributed by atoms with Gasteiger partial charge in [0.1, 0.15) is 0 Å². The number of carbonyl (C=O) groups is 1. The van der Waals surface area contributed by atoms with Crippen LogP contribution in [-0.2, 0) is 14.8 Å². The fraction of sp³-hybridized carbons (Fsp3) is 0.917. The molecular formula is C12H27N3O3S. The van der Waals surface area contributed by atoms with Crippen LogP contribution in [0.25, 0.3) is 0 Å². The van der Waals surface area contributed by atoms with Gasteiger partial charge in [-0.25, -0.2) is 12.7 Å². The predicted molar refractivity (Wildman–Crippen MR) is 77.5 cm³/mol. The van der Waals surface area contributed by atoms with E-state index in [4.69, 9.17) is 0 Å². The molecule has 0 radical (unpaired) electrons. The van der Waals surface area contributed by atoms with Crippen molar-refractivity contribution in [1.82, 2.24) is 14.5 Å². The summed E-state index contributed by atoms with van der Waals surface area (Å²) >= 11 is 0. The van der Waals surface area contributed by atoms with Crippen LogP contribution in [0.3, 0.4) is 0 Å². The number of hydrogen-bond acceptors (Lipinski definition) is 4. The van der Waals surface area contributed by atoms with Gasteiger partial charge in [-0.05, 0) is 20.5 Å². The summed E-state index contributed by atoms with van der Waals surface area (Å²) in [7, 11) is 0.519. The molecule has 19 heavy (non-hydrogen) atoms. The highest BCUT2D eigenvalue weighted by molar-refractivity contribution is 7.88. The highest BCUT2D eigenvalue weighted by atomic mass is 32.2. The average molecular weight is 293 g/mol. The Morgan fingerprint density at radius 3 is 2.26 bits per heavy atom. The molecule has 0 aliphatic heterocycles. The maximum absolute atomic E-state index is 11.6. The van der Waals surface area contributed by atoms with Gasteiger partial charge in [-0.3, -0.25) is 4.79 Å². The monoisotopic (exact) mass is 293 g/mol. The van der Waals surface area contributed by atoms with Crippen molar-refractivity contribution in [3.05, 3.63) is 0 Å². The van der Waals surface area contributed by atoms with Gasteiger partial charge in [-0.2, -0.15) is 0 Å². The average Bonchev–Trinajstić information content (AvgIpc) is 2.27. The number of nitrogens with one attached hydrogen (secondary N) is 1. The van der Waals surface area contributed by atoms with E-state index in [0.29, 0.717) is 19.6 Å². The molecule has 6 nitrogen and oxygen atoms in total. The van der Waals surface area contributed by atoms with Crippen LogP contribution in [0.2, 0.25) is 0 Å². The Labute approximate surface area is 117 Å². The van der Waals surface area contributed by atoms with E-state index in [-0.39, 0.29) is 18.9 Å². The Morgan fingerprint density at radius 2 is 1.79 bits per heavy atom. The zero-order chi connectivity index (χ0) is 14.9. The van der Waals surface area contributed by atoms with E-state index < -0.39 is 10.0 Å². The number of hydrogen-bond donors (Lipinski definition) is 1. The zero-order valence-electron chi connectivity index (χ0n) is 12.5. The Kier molecular flexibility index (Phi) is 8.95. The van der Waals surface area contributed by atoms with Crippen LogP contribution in [0, 0.1) is 0 Å². The second-order valence-electron chi connectivity index (χ2n) is 4.92. The Hall–Kier alpha value is -0.660. The van der Waals surface area contributed by atoms with E-state index in [1.165, 1.54) is 10.6 Å². The Morgan fingerprint density at radius 1 is 1.16 bits per heavy atom. The third-order valence-corrected chi connectivity index (χ3v) is 4.01. The quantitative estimate of drug-likeness (QED) is 0.581.